The van der Waals surface area contributed by atoms with Gasteiger partial charge in [-0.2, -0.15) is 0 Å². The topological polar surface area (TPSA) is 74.6 Å². The largest absolute Gasteiger partial charge is 0.390 e. The van der Waals surface area contributed by atoms with E-state index in [2.05, 4.69) is 9.62 Å². The number of nitrogens with zero attached hydrogens (tertiary/aromatic N) is 2. The van der Waals surface area contributed by atoms with E-state index in [1.165, 1.54) is 12.3 Å². The highest BCUT2D eigenvalue weighted by Crippen LogP contribution is 2.16. The van der Waals surface area contributed by atoms with Crippen LogP contribution in [0.2, 0.25) is 0 Å². The van der Waals surface area contributed by atoms with Crippen molar-refractivity contribution in [2.24, 2.45) is 7.05 Å². The second kappa shape index (κ2) is 5.00. The van der Waals surface area contributed by atoms with E-state index in [0.717, 1.165) is 19.5 Å². The Hall–Kier alpha value is -0.890. The van der Waals surface area contributed by atoms with Gasteiger partial charge in [-0.25, -0.2) is 13.1 Å². The zero-order chi connectivity index (χ0) is 13.3. The van der Waals surface area contributed by atoms with Crippen molar-refractivity contribution in [1.82, 2.24) is 14.2 Å². The van der Waals surface area contributed by atoms with Gasteiger partial charge < -0.3 is 14.6 Å². The molecule has 1 aliphatic heterocycles. The molecule has 18 heavy (non-hydrogen) atoms. The van der Waals surface area contributed by atoms with Crippen molar-refractivity contribution in [3.63, 3.8) is 0 Å². The van der Waals surface area contributed by atoms with Gasteiger partial charge in [0, 0.05) is 31.5 Å². The van der Waals surface area contributed by atoms with E-state index in [4.69, 9.17) is 5.11 Å². The smallest absolute Gasteiger partial charge is 0.242 e. The molecule has 102 valence electrons. The molecule has 1 fully saturated rings. The lowest BCUT2D eigenvalue weighted by Crippen LogP contribution is -2.36. The van der Waals surface area contributed by atoms with E-state index in [0.29, 0.717) is 5.69 Å². The number of hydrogen-bond donors (Lipinski definition) is 2. The maximum Gasteiger partial charge on any atom is 0.242 e. The van der Waals surface area contributed by atoms with Crippen molar-refractivity contribution >= 4 is 10.0 Å². The molecule has 1 atom stereocenters. The summed E-state index contributed by atoms with van der Waals surface area (Å²) in [6.07, 6.45) is 2.35. The summed E-state index contributed by atoms with van der Waals surface area (Å²) in [6.45, 7) is 1.47. The molecule has 7 heteroatoms. The molecule has 0 aromatic carbocycles. The van der Waals surface area contributed by atoms with Gasteiger partial charge in [-0.15, -0.1) is 0 Å². The second-order valence-corrected chi connectivity index (χ2v) is 6.52. The summed E-state index contributed by atoms with van der Waals surface area (Å²) in [5.74, 6) is 0. The predicted octanol–water partition coefficient (Wildman–Crippen LogP) is -0.500. The number of hydrogen-bond acceptors (Lipinski definition) is 4. The number of sulfonamides is 1. The normalized spacial score (nSPS) is 21.6. The van der Waals surface area contributed by atoms with Gasteiger partial charge in [0.2, 0.25) is 10.0 Å². The van der Waals surface area contributed by atoms with Crippen LogP contribution in [0.5, 0.6) is 0 Å². The minimum Gasteiger partial charge on any atom is -0.390 e. The van der Waals surface area contributed by atoms with Crippen molar-refractivity contribution in [3.05, 3.63) is 18.0 Å². The lowest BCUT2D eigenvalue weighted by Gasteiger charge is -2.12. The molecule has 2 N–H and O–H groups in total. The number of rotatable bonds is 4. The van der Waals surface area contributed by atoms with E-state index in [1.807, 2.05) is 7.05 Å². The predicted molar refractivity (Wildman–Crippen MR) is 67.6 cm³/mol. The van der Waals surface area contributed by atoms with E-state index in [-0.39, 0.29) is 17.5 Å². The Bertz CT molecular complexity index is 524. The summed E-state index contributed by atoms with van der Waals surface area (Å²) in [7, 11) is 0.202. The van der Waals surface area contributed by atoms with E-state index in [9.17, 15) is 8.42 Å². The van der Waals surface area contributed by atoms with Gasteiger partial charge in [0.25, 0.3) is 0 Å². The highest BCUT2D eigenvalue weighted by Gasteiger charge is 2.26. The van der Waals surface area contributed by atoms with Crippen LogP contribution in [0, 0.1) is 0 Å². The molecule has 2 rings (SSSR count). The van der Waals surface area contributed by atoms with Crippen LogP contribution in [0.15, 0.2) is 17.2 Å². The number of nitrogens with one attached hydrogen (secondary N) is 1. The van der Waals surface area contributed by atoms with Crippen molar-refractivity contribution in [2.45, 2.75) is 24.0 Å². The summed E-state index contributed by atoms with van der Waals surface area (Å²) in [4.78, 5) is 2.31. The van der Waals surface area contributed by atoms with Crippen LogP contribution in [0.3, 0.4) is 0 Å². The summed E-state index contributed by atoms with van der Waals surface area (Å²) in [5.41, 5.74) is 0.582. The molecule has 1 saturated heterocycles. The summed E-state index contributed by atoms with van der Waals surface area (Å²) < 4.78 is 28.6. The Kier molecular flexibility index (Phi) is 3.76. The van der Waals surface area contributed by atoms with Crippen LogP contribution >= 0.6 is 0 Å². The Morgan fingerprint density at radius 3 is 2.72 bits per heavy atom. The minimum atomic E-state index is -3.49. The number of likely N-dealkylation sites (tertiary alicyclic amines) is 1. The monoisotopic (exact) mass is 273 g/mol. The van der Waals surface area contributed by atoms with Crippen molar-refractivity contribution < 1.29 is 13.5 Å². The fraction of sp³-hybridized carbons (Fsp3) is 0.636. The highest BCUT2D eigenvalue weighted by molar-refractivity contribution is 7.89. The number of aromatic nitrogens is 1. The molecular weight excluding hydrogens is 254 g/mol. The Balaban J connectivity index is 2.15. The minimum absolute atomic E-state index is 0.0298. The highest BCUT2D eigenvalue weighted by atomic mass is 32.2. The molecule has 0 spiro atoms. The van der Waals surface area contributed by atoms with Gasteiger partial charge in [-0.3, -0.25) is 0 Å². The van der Waals surface area contributed by atoms with Gasteiger partial charge >= 0.3 is 0 Å². The average molecular weight is 273 g/mol. The second-order valence-electron chi connectivity index (χ2n) is 4.81. The van der Waals surface area contributed by atoms with Gasteiger partial charge in [-0.1, -0.05) is 0 Å². The molecule has 6 nitrogen and oxygen atoms in total. The first-order valence-electron chi connectivity index (χ1n) is 5.89. The van der Waals surface area contributed by atoms with Crippen LogP contribution in [0.25, 0.3) is 0 Å². The summed E-state index contributed by atoms with van der Waals surface area (Å²) >= 11 is 0. The summed E-state index contributed by atoms with van der Waals surface area (Å²) in [6, 6.07) is 1.47. The first-order valence-corrected chi connectivity index (χ1v) is 7.37. The fourth-order valence-corrected chi connectivity index (χ4v) is 3.56. The van der Waals surface area contributed by atoms with Crippen LogP contribution in [0.4, 0.5) is 0 Å². The fourth-order valence-electron chi connectivity index (χ4n) is 2.20. The third-order valence-corrected chi connectivity index (χ3v) is 4.76. The molecule has 0 bridgehead atoms. The standard InChI is InChI=1S/C11H19N3O3S/c1-13-4-3-9(6-13)12-18(16,17)11-5-10(8-15)14(2)7-11/h5,7,9,12,15H,3-4,6,8H2,1-2H3. The summed E-state index contributed by atoms with van der Waals surface area (Å²) in [5, 5.41) is 9.07. The average Bonchev–Trinajstić information content (AvgIpc) is 2.84. The number of likely N-dealkylation sites (N-methyl/N-ethyl adjacent to an activating group) is 1. The SMILES string of the molecule is CN1CCC(NS(=O)(=O)c2cc(CO)n(C)c2)C1. The van der Waals surface area contributed by atoms with E-state index >= 15 is 0 Å². The number of aliphatic hydroxyl groups excluding tert-OH is 1. The van der Waals surface area contributed by atoms with Crippen LogP contribution in [-0.4, -0.2) is 49.2 Å². The molecule has 1 unspecified atom stereocenters. The molecule has 0 amide bonds. The quantitative estimate of drug-likeness (QED) is 0.775. The number of aryl methyl sites for hydroxylation is 1. The Morgan fingerprint density at radius 1 is 1.50 bits per heavy atom. The maximum absolute atomic E-state index is 12.2. The molecule has 1 aromatic rings. The molecular formula is C11H19N3O3S. The zero-order valence-corrected chi connectivity index (χ0v) is 11.4. The molecule has 0 radical (unpaired) electrons. The van der Waals surface area contributed by atoms with Gasteiger partial charge in [0.1, 0.15) is 0 Å². The molecule has 0 aliphatic carbocycles. The first kappa shape index (κ1) is 13.5. The van der Waals surface area contributed by atoms with Crippen molar-refractivity contribution in [2.75, 3.05) is 20.1 Å². The number of aliphatic hydroxyl groups is 1. The third-order valence-electron chi connectivity index (χ3n) is 3.27. The van der Waals surface area contributed by atoms with Gasteiger partial charge in [-0.05, 0) is 26.1 Å². The van der Waals surface area contributed by atoms with E-state index in [1.54, 1.807) is 11.6 Å². The lowest BCUT2D eigenvalue weighted by atomic mass is 10.3. The van der Waals surface area contributed by atoms with Crippen LogP contribution < -0.4 is 4.72 Å². The van der Waals surface area contributed by atoms with Crippen LogP contribution in [0.1, 0.15) is 12.1 Å². The lowest BCUT2D eigenvalue weighted by molar-refractivity contribution is 0.272. The first-order chi connectivity index (χ1) is 8.42. The zero-order valence-electron chi connectivity index (χ0n) is 10.6. The Morgan fingerprint density at radius 2 is 2.22 bits per heavy atom. The van der Waals surface area contributed by atoms with Crippen molar-refractivity contribution in [1.29, 1.82) is 0 Å². The van der Waals surface area contributed by atoms with Gasteiger partial charge in [0.15, 0.2) is 0 Å². The van der Waals surface area contributed by atoms with Crippen molar-refractivity contribution in [3.8, 4) is 0 Å². The Labute approximate surface area is 107 Å². The molecule has 1 aliphatic rings. The maximum atomic E-state index is 12.2. The third kappa shape index (κ3) is 2.74. The van der Waals surface area contributed by atoms with Crippen LogP contribution in [-0.2, 0) is 23.7 Å². The molecule has 0 saturated carbocycles. The van der Waals surface area contributed by atoms with Gasteiger partial charge in [0.05, 0.1) is 11.5 Å². The van der Waals surface area contributed by atoms with E-state index < -0.39 is 10.0 Å². The molecule has 2 heterocycles. The molecule has 1 aromatic heterocycles.